The molecule has 0 saturated carbocycles. The Morgan fingerprint density at radius 2 is 1.75 bits per heavy atom. The van der Waals surface area contributed by atoms with Crippen LogP contribution in [0.2, 0.25) is 0 Å². The van der Waals surface area contributed by atoms with E-state index in [2.05, 4.69) is 26.8 Å². The number of hydrogen-bond donors (Lipinski definition) is 0. The zero-order chi connectivity index (χ0) is 22.6. The van der Waals surface area contributed by atoms with E-state index in [1.54, 1.807) is 34.6 Å². The SMILES string of the molecule is CC(C)n1c(=O)n(C)c2cnc3cc(F)c(-c4ccc(N5CCN(C)CC5)nc4)cc3c21. The van der Waals surface area contributed by atoms with Crippen LogP contribution in [-0.2, 0) is 7.05 Å². The average molecular weight is 435 g/mol. The lowest BCUT2D eigenvalue weighted by molar-refractivity contribution is 0.312. The molecule has 0 atom stereocenters. The van der Waals surface area contributed by atoms with Gasteiger partial charge >= 0.3 is 5.69 Å². The van der Waals surface area contributed by atoms with Gasteiger partial charge in [-0.1, -0.05) is 0 Å². The number of pyridine rings is 2. The topological polar surface area (TPSA) is 59.2 Å². The number of anilines is 1. The number of rotatable bonds is 3. The van der Waals surface area contributed by atoms with Crippen LogP contribution in [0.15, 0.2) is 41.5 Å². The molecule has 166 valence electrons. The summed E-state index contributed by atoms with van der Waals surface area (Å²) >= 11 is 0. The quantitative estimate of drug-likeness (QED) is 0.495. The van der Waals surface area contributed by atoms with Crippen LogP contribution in [0.25, 0.3) is 33.1 Å². The normalized spacial score (nSPS) is 15.4. The summed E-state index contributed by atoms with van der Waals surface area (Å²) in [7, 11) is 3.86. The number of likely N-dealkylation sites (N-methyl/N-ethyl adjacent to an activating group) is 1. The highest BCUT2D eigenvalue weighted by Gasteiger charge is 2.19. The number of nitrogens with zero attached hydrogens (tertiary/aromatic N) is 6. The number of aromatic nitrogens is 4. The molecular formula is C24H27FN6O. The van der Waals surface area contributed by atoms with Gasteiger partial charge in [0.15, 0.2) is 0 Å². The molecule has 32 heavy (non-hydrogen) atoms. The third kappa shape index (κ3) is 3.26. The number of hydrogen-bond acceptors (Lipinski definition) is 5. The lowest BCUT2D eigenvalue weighted by atomic mass is 10.0. The molecule has 4 heterocycles. The molecule has 0 amide bonds. The first-order chi connectivity index (χ1) is 15.3. The van der Waals surface area contributed by atoms with Crippen molar-refractivity contribution in [3.8, 4) is 11.1 Å². The predicted octanol–water partition coefficient (Wildman–Crippen LogP) is 3.42. The van der Waals surface area contributed by atoms with Gasteiger partial charge in [-0.15, -0.1) is 0 Å². The Balaban J connectivity index is 1.63. The van der Waals surface area contributed by atoms with E-state index in [9.17, 15) is 4.79 Å². The molecule has 8 heteroatoms. The molecule has 0 bridgehead atoms. The molecule has 1 aliphatic heterocycles. The summed E-state index contributed by atoms with van der Waals surface area (Å²) in [4.78, 5) is 26.4. The molecule has 0 spiro atoms. The van der Waals surface area contributed by atoms with Crippen LogP contribution in [0.4, 0.5) is 10.2 Å². The third-order valence-corrected chi connectivity index (χ3v) is 6.41. The van der Waals surface area contributed by atoms with Crippen molar-refractivity contribution < 1.29 is 4.39 Å². The van der Waals surface area contributed by atoms with Crippen LogP contribution >= 0.6 is 0 Å². The van der Waals surface area contributed by atoms with Gasteiger partial charge in [-0.25, -0.2) is 14.2 Å². The zero-order valence-electron chi connectivity index (χ0n) is 18.8. The molecule has 1 saturated heterocycles. The molecule has 1 aromatic carbocycles. The number of benzene rings is 1. The van der Waals surface area contributed by atoms with Gasteiger partial charge in [0.05, 0.1) is 22.7 Å². The van der Waals surface area contributed by atoms with Crippen LogP contribution in [0.1, 0.15) is 19.9 Å². The van der Waals surface area contributed by atoms with Crippen LogP contribution < -0.4 is 10.6 Å². The van der Waals surface area contributed by atoms with Crippen LogP contribution in [0.3, 0.4) is 0 Å². The van der Waals surface area contributed by atoms with Crippen molar-refractivity contribution in [2.24, 2.45) is 7.05 Å². The predicted molar refractivity (Wildman–Crippen MR) is 126 cm³/mol. The second-order valence-electron chi connectivity index (χ2n) is 8.84. The second kappa shape index (κ2) is 7.70. The Morgan fingerprint density at radius 1 is 1.00 bits per heavy atom. The third-order valence-electron chi connectivity index (χ3n) is 6.41. The van der Waals surface area contributed by atoms with Crippen molar-refractivity contribution >= 4 is 27.8 Å². The molecule has 0 aliphatic carbocycles. The number of piperazine rings is 1. The average Bonchev–Trinajstić information content (AvgIpc) is 3.04. The van der Waals surface area contributed by atoms with Crippen molar-refractivity contribution in [2.45, 2.75) is 19.9 Å². The van der Waals surface area contributed by atoms with Crippen LogP contribution in [0.5, 0.6) is 0 Å². The van der Waals surface area contributed by atoms with Gasteiger partial charge in [-0.05, 0) is 39.1 Å². The molecule has 4 aromatic rings. The first-order valence-corrected chi connectivity index (χ1v) is 10.9. The fourth-order valence-corrected chi connectivity index (χ4v) is 4.52. The standard InChI is InChI=1S/C24H27FN6O/c1-15(2)31-23-18-11-17(19(25)12-20(18)26-14-21(23)29(4)24(31)32)16-5-6-22(27-13-16)30-9-7-28(3)8-10-30/h5-6,11-15H,7-10H2,1-4H3. The highest BCUT2D eigenvalue weighted by Crippen LogP contribution is 2.32. The van der Waals surface area contributed by atoms with Gasteiger partial charge in [-0.2, -0.15) is 0 Å². The minimum absolute atomic E-state index is 0.0326. The van der Waals surface area contributed by atoms with Gasteiger partial charge < -0.3 is 9.80 Å². The Morgan fingerprint density at radius 3 is 2.41 bits per heavy atom. The monoisotopic (exact) mass is 434 g/mol. The lowest BCUT2D eigenvalue weighted by Crippen LogP contribution is -2.44. The largest absolute Gasteiger partial charge is 0.354 e. The van der Waals surface area contributed by atoms with Gasteiger partial charge in [-0.3, -0.25) is 14.1 Å². The first kappa shape index (κ1) is 20.6. The van der Waals surface area contributed by atoms with Gasteiger partial charge in [0.2, 0.25) is 0 Å². The summed E-state index contributed by atoms with van der Waals surface area (Å²) in [5.41, 5.74) is 3.09. The van der Waals surface area contributed by atoms with E-state index >= 15 is 4.39 Å². The van der Waals surface area contributed by atoms with E-state index in [-0.39, 0.29) is 17.5 Å². The van der Waals surface area contributed by atoms with E-state index in [0.29, 0.717) is 16.6 Å². The summed E-state index contributed by atoms with van der Waals surface area (Å²) in [5.74, 6) is 0.552. The minimum atomic E-state index is -0.354. The summed E-state index contributed by atoms with van der Waals surface area (Å²) in [5, 5.41) is 0.758. The molecule has 7 nitrogen and oxygen atoms in total. The number of halogens is 1. The van der Waals surface area contributed by atoms with E-state index in [4.69, 9.17) is 0 Å². The zero-order valence-corrected chi connectivity index (χ0v) is 18.8. The van der Waals surface area contributed by atoms with E-state index in [1.165, 1.54) is 6.07 Å². The van der Waals surface area contributed by atoms with E-state index < -0.39 is 0 Å². The number of imidazole rings is 1. The molecule has 1 fully saturated rings. The Bertz CT molecular complexity index is 1360. The van der Waals surface area contributed by atoms with Crippen molar-refractivity contribution in [2.75, 3.05) is 38.1 Å². The summed E-state index contributed by atoms with van der Waals surface area (Å²) in [6.07, 6.45) is 3.37. The van der Waals surface area contributed by atoms with Crippen molar-refractivity contribution in [3.63, 3.8) is 0 Å². The Kier molecular flexibility index (Phi) is 4.97. The maximum atomic E-state index is 15.1. The van der Waals surface area contributed by atoms with Crippen molar-refractivity contribution in [3.05, 3.63) is 53.0 Å². The van der Waals surface area contributed by atoms with Crippen LogP contribution in [-0.4, -0.2) is 57.2 Å². The molecule has 0 unspecified atom stereocenters. The summed E-state index contributed by atoms with van der Waals surface area (Å²) in [6, 6.07) is 7.08. The highest BCUT2D eigenvalue weighted by atomic mass is 19.1. The van der Waals surface area contributed by atoms with Crippen molar-refractivity contribution in [1.29, 1.82) is 0 Å². The molecule has 5 rings (SSSR count). The fraction of sp³-hybridized carbons (Fsp3) is 0.375. The van der Waals surface area contributed by atoms with E-state index in [1.807, 2.05) is 26.0 Å². The Labute approximate surface area is 185 Å². The van der Waals surface area contributed by atoms with Gasteiger partial charge in [0.1, 0.15) is 11.6 Å². The molecule has 0 N–H and O–H groups in total. The van der Waals surface area contributed by atoms with Gasteiger partial charge in [0, 0.05) is 68.0 Å². The Hall–Kier alpha value is -3.26. The summed E-state index contributed by atoms with van der Waals surface area (Å²) < 4.78 is 18.4. The lowest BCUT2D eigenvalue weighted by Gasteiger charge is -2.33. The molecule has 1 aliphatic rings. The molecule has 0 radical (unpaired) electrons. The second-order valence-corrected chi connectivity index (χ2v) is 8.84. The fourth-order valence-electron chi connectivity index (χ4n) is 4.52. The maximum Gasteiger partial charge on any atom is 0.329 e. The summed E-state index contributed by atoms with van der Waals surface area (Å²) in [6.45, 7) is 7.80. The van der Waals surface area contributed by atoms with Crippen LogP contribution in [0, 0.1) is 5.82 Å². The maximum absolute atomic E-state index is 15.1. The van der Waals surface area contributed by atoms with Gasteiger partial charge in [0.25, 0.3) is 0 Å². The number of aryl methyl sites for hydroxylation is 1. The number of fused-ring (bicyclic) bond motifs is 3. The minimum Gasteiger partial charge on any atom is -0.354 e. The van der Waals surface area contributed by atoms with Crippen molar-refractivity contribution in [1.82, 2.24) is 24.0 Å². The first-order valence-electron chi connectivity index (χ1n) is 10.9. The smallest absolute Gasteiger partial charge is 0.329 e. The highest BCUT2D eigenvalue weighted by molar-refractivity contribution is 6.04. The molecule has 3 aromatic heterocycles. The van der Waals surface area contributed by atoms with E-state index in [0.717, 1.165) is 48.4 Å². The molecular weight excluding hydrogens is 407 g/mol.